The average Bonchev–Trinajstić information content (AvgIpc) is 3.48. The summed E-state index contributed by atoms with van der Waals surface area (Å²) < 4.78 is 7.64. The fourth-order valence-electron chi connectivity index (χ4n) is 3.16. The van der Waals surface area contributed by atoms with Gasteiger partial charge in [-0.25, -0.2) is 0 Å². The van der Waals surface area contributed by atoms with Crippen molar-refractivity contribution in [3.8, 4) is 0 Å². The van der Waals surface area contributed by atoms with Crippen LogP contribution in [0.4, 0.5) is 0 Å². The summed E-state index contributed by atoms with van der Waals surface area (Å²) in [6.07, 6.45) is 2.55. The predicted octanol–water partition coefficient (Wildman–Crippen LogP) is 5.05. The average molecular weight is 440 g/mol. The first kappa shape index (κ1) is 20.8. The quantitative estimate of drug-likeness (QED) is 0.322. The van der Waals surface area contributed by atoms with Crippen LogP contribution in [0.5, 0.6) is 0 Å². The molecule has 6 nitrogen and oxygen atoms in total. The molecule has 0 radical (unpaired) electrons. The number of rotatable bonds is 10. The Morgan fingerprint density at radius 1 is 1.10 bits per heavy atom. The van der Waals surface area contributed by atoms with Gasteiger partial charge in [0.05, 0.1) is 5.75 Å². The lowest BCUT2D eigenvalue weighted by Crippen LogP contribution is -2.08. The van der Waals surface area contributed by atoms with Gasteiger partial charge < -0.3 is 9.09 Å². The van der Waals surface area contributed by atoms with Crippen LogP contribution in [0.25, 0.3) is 0 Å². The Morgan fingerprint density at radius 2 is 1.97 bits per heavy atom. The molecule has 4 aromatic rings. The van der Waals surface area contributed by atoms with Crippen LogP contribution >= 0.6 is 23.1 Å². The number of thioether (sulfide) groups is 1. The highest BCUT2D eigenvalue weighted by atomic mass is 32.2. The highest BCUT2D eigenvalue weighted by molar-refractivity contribution is 7.98. The van der Waals surface area contributed by atoms with Gasteiger partial charge >= 0.3 is 0 Å². The number of hydrogen-bond acceptors (Lipinski definition) is 7. The Hall–Kier alpha value is -2.45. The second kappa shape index (κ2) is 10.0. The SMILES string of the molecule is CC(C)Cc1noc(CSc2nnc(Cc3cccs3)n2CCc2ccccc2)n1. The lowest BCUT2D eigenvalue weighted by atomic mass is 10.1. The van der Waals surface area contributed by atoms with E-state index in [1.165, 1.54) is 10.4 Å². The zero-order valence-electron chi connectivity index (χ0n) is 17.2. The largest absolute Gasteiger partial charge is 0.338 e. The van der Waals surface area contributed by atoms with Gasteiger partial charge in [-0.1, -0.05) is 67.2 Å². The Kier molecular flexibility index (Phi) is 6.96. The van der Waals surface area contributed by atoms with Crippen molar-refractivity contribution in [2.24, 2.45) is 5.92 Å². The van der Waals surface area contributed by atoms with Crippen LogP contribution in [0.1, 0.15) is 41.8 Å². The molecule has 30 heavy (non-hydrogen) atoms. The molecule has 0 spiro atoms. The molecule has 3 aromatic heterocycles. The lowest BCUT2D eigenvalue weighted by molar-refractivity contribution is 0.382. The molecule has 0 aliphatic heterocycles. The summed E-state index contributed by atoms with van der Waals surface area (Å²) in [5, 5.41) is 16.0. The molecule has 1 aromatic carbocycles. The summed E-state index contributed by atoms with van der Waals surface area (Å²) >= 11 is 3.34. The Labute approximate surface area is 184 Å². The van der Waals surface area contributed by atoms with Crippen molar-refractivity contribution >= 4 is 23.1 Å². The summed E-state index contributed by atoms with van der Waals surface area (Å²) in [6.45, 7) is 5.13. The van der Waals surface area contributed by atoms with E-state index in [1.54, 1.807) is 23.1 Å². The third-order valence-corrected chi connectivity index (χ3v) is 6.43. The van der Waals surface area contributed by atoms with Crippen LogP contribution in [0.3, 0.4) is 0 Å². The molecule has 0 bridgehead atoms. The van der Waals surface area contributed by atoms with E-state index in [0.717, 1.165) is 42.6 Å². The molecule has 0 aliphatic carbocycles. The van der Waals surface area contributed by atoms with E-state index in [0.29, 0.717) is 17.6 Å². The molecule has 4 rings (SSSR count). The zero-order chi connectivity index (χ0) is 20.8. The number of hydrogen-bond donors (Lipinski definition) is 0. The van der Waals surface area contributed by atoms with Gasteiger partial charge in [0.1, 0.15) is 5.82 Å². The van der Waals surface area contributed by atoms with Gasteiger partial charge in [-0.2, -0.15) is 4.98 Å². The summed E-state index contributed by atoms with van der Waals surface area (Å²) in [5.41, 5.74) is 1.31. The zero-order valence-corrected chi connectivity index (χ0v) is 18.8. The second-order valence-electron chi connectivity index (χ2n) is 7.53. The second-order valence-corrected chi connectivity index (χ2v) is 9.51. The fraction of sp³-hybridized carbons (Fsp3) is 0.364. The van der Waals surface area contributed by atoms with E-state index in [9.17, 15) is 0 Å². The Morgan fingerprint density at radius 3 is 2.73 bits per heavy atom. The van der Waals surface area contributed by atoms with Crippen LogP contribution in [0.2, 0.25) is 0 Å². The molecule has 0 amide bonds. The molecular formula is C22H25N5OS2. The van der Waals surface area contributed by atoms with Gasteiger partial charge in [0.2, 0.25) is 5.89 Å². The molecule has 0 N–H and O–H groups in total. The van der Waals surface area contributed by atoms with Crippen molar-refractivity contribution in [2.75, 3.05) is 0 Å². The number of nitrogens with zero attached hydrogens (tertiary/aromatic N) is 5. The van der Waals surface area contributed by atoms with Crippen molar-refractivity contribution in [3.05, 3.63) is 75.8 Å². The molecule has 0 unspecified atom stereocenters. The maximum atomic E-state index is 5.41. The van der Waals surface area contributed by atoms with Crippen molar-refractivity contribution in [2.45, 2.75) is 50.6 Å². The minimum absolute atomic E-state index is 0.504. The minimum atomic E-state index is 0.504. The summed E-state index contributed by atoms with van der Waals surface area (Å²) in [4.78, 5) is 5.79. The van der Waals surface area contributed by atoms with Crippen molar-refractivity contribution < 1.29 is 4.52 Å². The van der Waals surface area contributed by atoms with Crippen LogP contribution in [0, 0.1) is 5.92 Å². The number of benzene rings is 1. The third-order valence-electron chi connectivity index (χ3n) is 4.60. The number of aryl methyl sites for hydroxylation is 1. The molecule has 156 valence electrons. The topological polar surface area (TPSA) is 69.6 Å². The van der Waals surface area contributed by atoms with E-state index >= 15 is 0 Å². The maximum absolute atomic E-state index is 5.41. The Balaban J connectivity index is 1.48. The highest BCUT2D eigenvalue weighted by Gasteiger charge is 2.16. The summed E-state index contributed by atoms with van der Waals surface area (Å²) in [5.74, 6) is 3.48. The van der Waals surface area contributed by atoms with E-state index in [4.69, 9.17) is 4.52 Å². The van der Waals surface area contributed by atoms with Gasteiger partial charge in [-0.05, 0) is 29.3 Å². The van der Waals surface area contributed by atoms with Gasteiger partial charge in [-0.15, -0.1) is 21.5 Å². The molecular weight excluding hydrogens is 414 g/mol. The Bertz CT molecular complexity index is 1040. The maximum Gasteiger partial charge on any atom is 0.237 e. The fourth-order valence-corrected chi connectivity index (χ4v) is 4.68. The normalized spacial score (nSPS) is 11.4. The van der Waals surface area contributed by atoms with Gasteiger partial charge in [0.25, 0.3) is 0 Å². The third kappa shape index (κ3) is 5.58. The first-order chi connectivity index (χ1) is 14.7. The van der Waals surface area contributed by atoms with Crippen molar-refractivity contribution in [3.63, 3.8) is 0 Å². The molecule has 0 saturated carbocycles. The van der Waals surface area contributed by atoms with Gasteiger partial charge in [0, 0.05) is 24.3 Å². The van der Waals surface area contributed by atoms with Gasteiger partial charge in [-0.3, -0.25) is 0 Å². The molecule has 3 heterocycles. The summed E-state index contributed by atoms with van der Waals surface area (Å²) in [6, 6.07) is 14.7. The molecule has 0 aliphatic rings. The molecule has 0 fully saturated rings. The van der Waals surface area contributed by atoms with Crippen LogP contribution in [0.15, 0.2) is 57.5 Å². The lowest BCUT2D eigenvalue weighted by Gasteiger charge is -2.09. The number of aromatic nitrogens is 5. The highest BCUT2D eigenvalue weighted by Crippen LogP contribution is 2.24. The van der Waals surface area contributed by atoms with Gasteiger partial charge in [0.15, 0.2) is 11.0 Å². The van der Waals surface area contributed by atoms with E-state index < -0.39 is 0 Å². The van der Waals surface area contributed by atoms with Crippen LogP contribution < -0.4 is 0 Å². The monoisotopic (exact) mass is 439 g/mol. The number of thiophene rings is 1. The van der Waals surface area contributed by atoms with E-state index in [2.05, 4.69) is 80.5 Å². The van der Waals surface area contributed by atoms with Crippen molar-refractivity contribution in [1.82, 2.24) is 24.9 Å². The first-order valence-electron chi connectivity index (χ1n) is 10.1. The minimum Gasteiger partial charge on any atom is -0.338 e. The predicted molar refractivity (Wildman–Crippen MR) is 120 cm³/mol. The van der Waals surface area contributed by atoms with Crippen LogP contribution in [-0.2, 0) is 31.6 Å². The molecule has 0 saturated heterocycles. The standard InChI is InChI=1S/C22H25N5OS2/c1-16(2)13-19-23-21(28-26-19)15-30-22-25-24-20(14-18-9-6-12-29-18)27(22)11-10-17-7-4-3-5-8-17/h3-9,12,16H,10-11,13-15H2,1-2H3. The van der Waals surface area contributed by atoms with Crippen LogP contribution in [-0.4, -0.2) is 24.9 Å². The smallest absolute Gasteiger partial charge is 0.237 e. The molecule has 0 atom stereocenters. The van der Waals surface area contributed by atoms with E-state index in [1.807, 2.05) is 6.07 Å². The summed E-state index contributed by atoms with van der Waals surface area (Å²) in [7, 11) is 0. The van der Waals surface area contributed by atoms with E-state index in [-0.39, 0.29) is 0 Å². The van der Waals surface area contributed by atoms with Crippen molar-refractivity contribution in [1.29, 1.82) is 0 Å². The first-order valence-corrected chi connectivity index (χ1v) is 12.0. The molecule has 8 heteroatoms.